The van der Waals surface area contributed by atoms with E-state index in [1.54, 1.807) is 0 Å². The van der Waals surface area contributed by atoms with Gasteiger partial charge in [0.25, 0.3) is 11.2 Å². The first-order chi connectivity index (χ1) is 9.06. The molecule has 19 heavy (non-hydrogen) atoms. The number of nitrogens with zero attached hydrogens (tertiary/aromatic N) is 3. The number of H-pyrrole nitrogens is 2. The van der Waals surface area contributed by atoms with Gasteiger partial charge in [-0.3, -0.25) is 14.3 Å². The van der Waals surface area contributed by atoms with Crippen molar-refractivity contribution in [3.63, 3.8) is 0 Å². The molecule has 0 saturated heterocycles. The molecule has 9 nitrogen and oxygen atoms in total. The maximum Gasteiger partial charge on any atom is 0.435 e. The number of aromatic nitrogens is 4. The van der Waals surface area contributed by atoms with Gasteiger partial charge in [-0.2, -0.15) is 0 Å². The molecular weight excluding hydrogens is 254 g/mol. The lowest BCUT2D eigenvalue weighted by Crippen LogP contribution is -2.33. The standard InChI is InChI=1S/C10H11N5O4/c16-8-6-7(12-9(11-6)15(18)19)14(10(17)13-8)4-5-2-1-3-5/h5H,1-4H2,(H,11,12)(H,13,16,17). The minimum atomic E-state index is -0.725. The molecule has 2 aromatic heterocycles. The van der Waals surface area contributed by atoms with E-state index < -0.39 is 22.1 Å². The lowest BCUT2D eigenvalue weighted by Gasteiger charge is -2.25. The fourth-order valence-electron chi connectivity index (χ4n) is 2.22. The summed E-state index contributed by atoms with van der Waals surface area (Å²) >= 11 is 0. The van der Waals surface area contributed by atoms with Gasteiger partial charge in [0.15, 0.2) is 0 Å². The molecule has 0 amide bonds. The van der Waals surface area contributed by atoms with Gasteiger partial charge in [0.2, 0.25) is 5.52 Å². The topological polar surface area (TPSA) is 127 Å². The van der Waals surface area contributed by atoms with Gasteiger partial charge < -0.3 is 10.1 Å². The van der Waals surface area contributed by atoms with E-state index in [1.165, 1.54) is 4.57 Å². The van der Waals surface area contributed by atoms with Crippen molar-refractivity contribution >= 4 is 17.1 Å². The van der Waals surface area contributed by atoms with Crippen LogP contribution in [-0.4, -0.2) is 24.4 Å². The van der Waals surface area contributed by atoms with Gasteiger partial charge in [-0.25, -0.2) is 9.78 Å². The first-order valence-electron chi connectivity index (χ1n) is 5.93. The third-order valence-corrected chi connectivity index (χ3v) is 3.46. The van der Waals surface area contributed by atoms with Gasteiger partial charge in [-0.15, -0.1) is 0 Å². The van der Waals surface area contributed by atoms with Crippen LogP contribution in [0.4, 0.5) is 5.95 Å². The van der Waals surface area contributed by atoms with E-state index in [0.29, 0.717) is 12.5 Å². The molecule has 0 aliphatic heterocycles. The van der Waals surface area contributed by atoms with Crippen LogP contribution in [0.3, 0.4) is 0 Å². The molecule has 1 aliphatic carbocycles. The quantitative estimate of drug-likeness (QED) is 0.602. The van der Waals surface area contributed by atoms with E-state index in [-0.39, 0.29) is 11.2 Å². The molecule has 0 unspecified atom stereocenters. The third kappa shape index (κ3) is 1.83. The molecule has 2 N–H and O–H groups in total. The van der Waals surface area contributed by atoms with Crippen LogP contribution in [0, 0.1) is 16.0 Å². The summed E-state index contributed by atoms with van der Waals surface area (Å²) < 4.78 is 1.30. The van der Waals surface area contributed by atoms with E-state index >= 15 is 0 Å². The molecule has 1 saturated carbocycles. The summed E-state index contributed by atoms with van der Waals surface area (Å²) in [7, 11) is 0. The molecule has 0 aromatic carbocycles. The Hall–Kier alpha value is -2.45. The Bertz CT molecular complexity index is 766. The van der Waals surface area contributed by atoms with Gasteiger partial charge in [-0.1, -0.05) is 6.42 Å². The fourth-order valence-corrected chi connectivity index (χ4v) is 2.22. The van der Waals surface area contributed by atoms with Gasteiger partial charge >= 0.3 is 11.6 Å². The predicted molar refractivity (Wildman–Crippen MR) is 65.0 cm³/mol. The smallest absolute Gasteiger partial charge is 0.390 e. The highest BCUT2D eigenvalue weighted by molar-refractivity contribution is 5.71. The van der Waals surface area contributed by atoms with E-state index in [0.717, 1.165) is 19.3 Å². The van der Waals surface area contributed by atoms with Crippen LogP contribution < -0.4 is 11.2 Å². The number of aromatic amines is 2. The number of hydrogen-bond donors (Lipinski definition) is 2. The largest absolute Gasteiger partial charge is 0.435 e. The van der Waals surface area contributed by atoms with Crippen molar-refractivity contribution in [2.24, 2.45) is 5.92 Å². The zero-order valence-electron chi connectivity index (χ0n) is 9.88. The minimum absolute atomic E-state index is 0.0365. The maximum absolute atomic E-state index is 11.8. The lowest BCUT2D eigenvalue weighted by molar-refractivity contribution is -0.393. The average molecular weight is 265 g/mol. The van der Waals surface area contributed by atoms with E-state index in [1.807, 2.05) is 0 Å². The van der Waals surface area contributed by atoms with E-state index in [2.05, 4.69) is 15.0 Å². The second-order valence-electron chi connectivity index (χ2n) is 4.68. The number of nitro groups is 1. The monoisotopic (exact) mass is 265 g/mol. The molecule has 0 radical (unpaired) electrons. The number of fused-ring (bicyclic) bond motifs is 1. The van der Waals surface area contributed by atoms with Crippen LogP contribution >= 0.6 is 0 Å². The highest BCUT2D eigenvalue weighted by atomic mass is 16.6. The summed E-state index contributed by atoms with van der Waals surface area (Å²) in [4.78, 5) is 41.5. The highest BCUT2D eigenvalue weighted by Crippen LogP contribution is 2.28. The van der Waals surface area contributed by atoms with Crippen molar-refractivity contribution in [3.8, 4) is 0 Å². The van der Waals surface area contributed by atoms with Crippen molar-refractivity contribution in [2.75, 3.05) is 0 Å². The number of hydrogen-bond acceptors (Lipinski definition) is 5. The fraction of sp³-hybridized carbons (Fsp3) is 0.500. The lowest BCUT2D eigenvalue weighted by atomic mass is 9.85. The number of imidazole rings is 1. The highest BCUT2D eigenvalue weighted by Gasteiger charge is 2.25. The first-order valence-corrected chi connectivity index (χ1v) is 5.93. The SMILES string of the molecule is O=c1[nH]c(=O)n(CC2CCC2)c2nc([N+](=O)[O-])[nH]c12. The van der Waals surface area contributed by atoms with Gasteiger partial charge in [0.05, 0.1) is 0 Å². The Morgan fingerprint density at radius 3 is 2.68 bits per heavy atom. The van der Waals surface area contributed by atoms with E-state index in [4.69, 9.17) is 0 Å². The summed E-state index contributed by atoms with van der Waals surface area (Å²) in [5.74, 6) is -0.170. The second kappa shape index (κ2) is 4.04. The Labute approximate surface area is 105 Å². The van der Waals surface area contributed by atoms with Gasteiger partial charge in [-0.05, 0) is 28.7 Å². The van der Waals surface area contributed by atoms with Crippen molar-refractivity contribution in [2.45, 2.75) is 25.8 Å². The Kier molecular flexibility index (Phi) is 2.47. The predicted octanol–water partition coefficient (Wildman–Crippen LogP) is 0.121. The zero-order valence-corrected chi connectivity index (χ0v) is 9.88. The molecule has 2 aromatic rings. The molecule has 3 rings (SSSR count). The zero-order chi connectivity index (χ0) is 13.6. The molecule has 100 valence electrons. The van der Waals surface area contributed by atoms with Crippen LogP contribution in [0.1, 0.15) is 19.3 Å². The van der Waals surface area contributed by atoms with Crippen molar-refractivity contribution < 1.29 is 4.92 Å². The Morgan fingerprint density at radius 2 is 2.11 bits per heavy atom. The van der Waals surface area contributed by atoms with Crippen LogP contribution in [0.5, 0.6) is 0 Å². The maximum atomic E-state index is 11.8. The Balaban J connectivity index is 2.20. The van der Waals surface area contributed by atoms with E-state index in [9.17, 15) is 19.7 Å². The molecule has 1 fully saturated rings. The molecule has 0 bridgehead atoms. The minimum Gasteiger partial charge on any atom is -0.390 e. The number of nitrogens with one attached hydrogen (secondary N) is 2. The molecule has 2 heterocycles. The molecule has 0 atom stereocenters. The summed E-state index contributed by atoms with van der Waals surface area (Å²) in [5.41, 5.74) is -1.26. The van der Waals surface area contributed by atoms with Crippen LogP contribution in [0.15, 0.2) is 9.59 Å². The van der Waals surface area contributed by atoms with Crippen molar-refractivity contribution in [1.29, 1.82) is 0 Å². The van der Waals surface area contributed by atoms with Crippen LogP contribution in [-0.2, 0) is 6.54 Å². The van der Waals surface area contributed by atoms with Crippen molar-refractivity contribution in [3.05, 3.63) is 31.0 Å². The third-order valence-electron chi connectivity index (χ3n) is 3.46. The summed E-state index contributed by atoms with van der Waals surface area (Å²) in [6, 6.07) is 0. The molecule has 1 aliphatic rings. The molecule has 9 heteroatoms. The van der Waals surface area contributed by atoms with Gasteiger partial charge in [0, 0.05) is 6.54 Å². The average Bonchev–Trinajstić information content (AvgIpc) is 2.71. The summed E-state index contributed by atoms with van der Waals surface area (Å²) in [5, 5.41) is 10.7. The first kappa shape index (κ1) is 11.6. The normalized spacial score (nSPS) is 15.6. The summed E-state index contributed by atoms with van der Waals surface area (Å²) in [6.07, 6.45) is 3.14. The van der Waals surface area contributed by atoms with Crippen LogP contribution in [0.25, 0.3) is 11.2 Å². The van der Waals surface area contributed by atoms with Crippen LogP contribution in [0.2, 0.25) is 0 Å². The Morgan fingerprint density at radius 1 is 1.37 bits per heavy atom. The molecular formula is C10H11N5O4. The summed E-state index contributed by atoms with van der Waals surface area (Å²) in [6.45, 7) is 0.425. The second-order valence-corrected chi connectivity index (χ2v) is 4.68. The van der Waals surface area contributed by atoms with Gasteiger partial charge in [0.1, 0.15) is 0 Å². The molecule has 0 spiro atoms. The number of rotatable bonds is 3. The van der Waals surface area contributed by atoms with Crippen molar-refractivity contribution in [1.82, 2.24) is 19.5 Å².